The summed E-state index contributed by atoms with van der Waals surface area (Å²) in [6, 6.07) is 0. The summed E-state index contributed by atoms with van der Waals surface area (Å²) in [6.45, 7) is 4.00. The van der Waals surface area contributed by atoms with Crippen LogP contribution in [0.15, 0.2) is 4.99 Å². The van der Waals surface area contributed by atoms with Gasteiger partial charge in [0.1, 0.15) is 19.6 Å². The SMILES string of the molecule is CCCCCCCCCCCCCCCCCCC1=NCC[N+]1(CCO)CC(=O)[O-]. The Labute approximate surface area is 185 Å². The van der Waals surface area contributed by atoms with Crippen molar-refractivity contribution >= 4 is 11.8 Å². The van der Waals surface area contributed by atoms with Crippen molar-refractivity contribution in [3.8, 4) is 0 Å². The first-order chi connectivity index (χ1) is 14.6. The number of carbonyl (C=O) groups is 1. The topological polar surface area (TPSA) is 72.7 Å². The average Bonchev–Trinajstić information content (AvgIpc) is 3.09. The van der Waals surface area contributed by atoms with Crippen LogP contribution >= 0.6 is 0 Å². The summed E-state index contributed by atoms with van der Waals surface area (Å²) >= 11 is 0. The van der Waals surface area contributed by atoms with Crippen molar-refractivity contribution in [3.63, 3.8) is 0 Å². The van der Waals surface area contributed by atoms with Gasteiger partial charge in [-0.05, 0) is 6.42 Å². The molecule has 30 heavy (non-hydrogen) atoms. The van der Waals surface area contributed by atoms with E-state index in [1.54, 1.807) is 0 Å². The summed E-state index contributed by atoms with van der Waals surface area (Å²) in [5, 5.41) is 20.5. The minimum Gasteiger partial charge on any atom is -0.544 e. The lowest BCUT2D eigenvalue weighted by atomic mass is 10.0. The van der Waals surface area contributed by atoms with Gasteiger partial charge in [0.05, 0.1) is 19.1 Å². The number of carboxylic acids is 1. The third-order valence-corrected chi connectivity index (χ3v) is 6.58. The lowest BCUT2D eigenvalue weighted by molar-refractivity contribution is -0.831. The van der Waals surface area contributed by atoms with Crippen LogP contribution in [0.25, 0.3) is 0 Å². The summed E-state index contributed by atoms with van der Waals surface area (Å²) in [6.07, 6.45) is 22.4. The summed E-state index contributed by atoms with van der Waals surface area (Å²) < 4.78 is 0.303. The van der Waals surface area contributed by atoms with Crippen LogP contribution in [0, 0.1) is 0 Å². The van der Waals surface area contributed by atoms with Gasteiger partial charge in [0.25, 0.3) is 0 Å². The Morgan fingerprint density at radius 1 is 0.867 bits per heavy atom. The zero-order valence-electron chi connectivity index (χ0n) is 19.7. The highest BCUT2D eigenvalue weighted by molar-refractivity contribution is 5.79. The van der Waals surface area contributed by atoms with Crippen molar-refractivity contribution < 1.29 is 19.5 Å². The molecule has 1 aliphatic rings. The number of amidine groups is 1. The van der Waals surface area contributed by atoms with Crippen LogP contribution in [0.3, 0.4) is 0 Å². The highest BCUT2D eigenvalue weighted by Crippen LogP contribution is 2.20. The van der Waals surface area contributed by atoms with E-state index >= 15 is 0 Å². The summed E-state index contributed by atoms with van der Waals surface area (Å²) in [7, 11) is 0. The zero-order chi connectivity index (χ0) is 21.9. The number of carbonyl (C=O) groups excluding carboxylic acids is 1. The van der Waals surface area contributed by atoms with Crippen LogP contribution in [0.4, 0.5) is 0 Å². The van der Waals surface area contributed by atoms with E-state index in [0.717, 1.165) is 18.7 Å². The molecular weight excluding hydrogens is 376 g/mol. The first-order valence-electron chi connectivity index (χ1n) is 12.9. The fraction of sp³-hybridized carbons (Fsp3) is 0.920. The highest BCUT2D eigenvalue weighted by atomic mass is 16.4. The predicted molar refractivity (Wildman–Crippen MR) is 123 cm³/mol. The smallest absolute Gasteiger partial charge is 0.198 e. The number of aliphatic imine (C=N–C) groups is 1. The van der Waals surface area contributed by atoms with E-state index in [0.29, 0.717) is 24.1 Å². The molecule has 1 heterocycles. The van der Waals surface area contributed by atoms with Crippen molar-refractivity contribution in [2.24, 2.45) is 4.99 Å². The third kappa shape index (κ3) is 12.0. The van der Waals surface area contributed by atoms with Crippen LogP contribution in [0.5, 0.6) is 0 Å². The number of rotatable bonds is 21. The predicted octanol–water partition coefficient (Wildman–Crippen LogP) is 4.61. The van der Waals surface area contributed by atoms with E-state index in [1.165, 1.54) is 96.3 Å². The standard InChI is InChI=1S/C25H48N2O3/c1-2-3-4-5-6-7-8-9-10-11-12-13-14-15-16-17-18-24-26-19-20-27(24,21-22-28)23-25(29)30/h28H,2-23H2,1H3. The van der Waals surface area contributed by atoms with Crippen LogP contribution in [0.2, 0.25) is 0 Å². The first-order valence-corrected chi connectivity index (χ1v) is 12.9. The molecule has 0 saturated heterocycles. The maximum absolute atomic E-state index is 11.1. The number of aliphatic carboxylic acids is 1. The molecule has 176 valence electrons. The largest absolute Gasteiger partial charge is 0.544 e. The number of hydrogen-bond acceptors (Lipinski definition) is 4. The molecule has 1 aliphatic heterocycles. The molecule has 0 aliphatic carbocycles. The molecule has 1 N–H and O–H groups in total. The Morgan fingerprint density at radius 3 is 1.77 bits per heavy atom. The Kier molecular flexibility index (Phi) is 16.0. The normalized spacial score (nSPS) is 18.7. The van der Waals surface area contributed by atoms with Crippen molar-refractivity contribution in [2.75, 3.05) is 32.8 Å². The molecule has 1 unspecified atom stereocenters. The van der Waals surface area contributed by atoms with Gasteiger partial charge in [-0.3, -0.25) is 4.48 Å². The summed E-state index contributed by atoms with van der Waals surface area (Å²) in [4.78, 5) is 15.7. The van der Waals surface area contributed by atoms with Gasteiger partial charge in [0, 0.05) is 6.42 Å². The number of aliphatic hydroxyl groups is 1. The number of unbranched alkanes of at least 4 members (excludes halogenated alkanes) is 15. The lowest BCUT2D eigenvalue weighted by Gasteiger charge is -2.34. The second kappa shape index (κ2) is 17.7. The van der Waals surface area contributed by atoms with Gasteiger partial charge >= 0.3 is 0 Å². The van der Waals surface area contributed by atoms with E-state index in [9.17, 15) is 15.0 Å². The van der Waals surface area contributed by atoms with E-state index < -0.39 is 5.97 Å². The van der Waals surface area contributed by atoms with E-state index in [2.05, 4.69) is 11.9 Å². The Bertz CT molecular complexity index is 467. The third-order valence-electron chi connectivity index (χ3n) is 6.58. The molecule has 0 radical (unpaired) electrons. The van der Waals surface area contributed by atoms with Gasteiger partial charge < -0.3 is 15.0 Å². The first kappa shape index (κ1) is 27.1. The highest BCUT2D eigenvalue weighted by Gasteiger charge is 2.37. The number of carboxylic acid groups (broad SMARTS) is 1. The van der Waals surface area contributed by atoms with Crippen molar-refractivity contribution in [3.05, 3.63) is 0 Å². The van der Waals surface area contributed by atoms with E-state index in [1.807, 2.05) is 0 Å². The Balaban J connectivity index is 1.95. The van der Waals surface area contributed by atoms with Crippen LogP contribution in [-0.2, 0) is 4.79 Å². The number of hydrogen-bond donors (Lipinski definition) is 1. The molecule has 0 spiro atoms. The molecule has 0 amide bonds. The second-order valence-electron chi connectivity index (χ2n) is 9.20. The summed E-state index contributed by atoms with van der Waals surface area (Å²) in [5.41, 5.74) is 0. The van der Waals surface area contributed by atoms with Gasteiger partial charge in [0.2, 0.25) is 0 Å². The van der Waals surface area contributed by atoms with Crippen molar-refractivity contribution in [2.45, 2.75) is 116 Å². The molecule has 0 aromatic rings. The molecule has 0 aromatic heterocycles. The van der Waals surface area contributed by atoms with Crippen LogP contribution in [-0.4, -0.2) is 54.2 Å². The molecule has 0 fully saturated rings. The molecule has 0 aromatic carbocycles. The van der Waals surface area contributed by atoms with Gasteiger partial charge in [-0.1, -0.05) is 103 Å². The fourth-order valence-corrected chi connectivity index (χ4v) is 4.73. The zero-order valence-corrected chi connectivity index (χ0v) is 19.7. The molecule has 1 rings (SSSR count). The molecule has 0 saturated carbocycles. The Hall–Kier alpha value is -0.940. The van der Waals surface area contributed by atoms with Gasteiger partial charge in [0.15, 0.2) is 5.84 Å². The molecular formula is C25H48N2O3. The molecule has 5 heteroatoms. The van der Waals surface area contributed by atoms with E-state index in [-0.39, 0.29) is 13.2 Å². The van der Waals surface area contributed by atoms with Crippen LogP contribution < -0.4 is 5.11 Å². The minimum absolute atomic E-state index is 0.00867. The fourth-order valence-electron chi connectivity index (χ4n) is 4.73. The Morgan fingerprint density at radius 2 is 1.33 bits per heavy atom. The van der Waals surface area contributed by atoms with Gasteiger partial charge in [-0.15, -0.1) is 0 Å². The lowest BCUT2D eigenvalue weighted by Crippen LogP contribution is -2.57. The monoisotopic (exact) mass is 424 g/mol. The maximum Gasteiger partial charge on any atom is 0.198 e. The maximum atomic E-state index is 11.1. The van der Waals surface area contributed by atoms with Crippen molar-refractivity contribution in [1.82, 2.24) is 0 Å². The van der Waals surface area contributed by atoms with E-state index in [4.69, 9.17) is 0 Å². The van der Waals surface area contributed by atoms with Crippen LogP contribution in [0.1, 0.15) is 116 Å². The number of quaternary nitrogens is 1. The number of nitrogens with zero attached hydrogens (tertiary/aromatic N) is 2. The van der Waals surface area contributed by atoms with Crippen molar-refractivity contribution in [1.29, 1.82) is 0 Å². The number of aliphatic hydroxyl groups excluding tert-OH is 1. The average molecular weight is 425 g/mol. The van der Waals surface area contributed by atoms with Gasteiger partial charge in [-0.2, -0.15) is 0 Å². The molecule has 1 atom stereocenters. The minimum atomic E-state index is -1.05. The molecule has 5 nitrogen and oxygen atoms in total. The van der Waals surface area contributed by atoms with Gasteiger partial charge in [-0.25, -0.2) is 4.99 Å². The summed E-state index contributed by atoms with van der Waals surface area (Å²) in [5.74, 6) is -0.0939. The quantitative estimate of drug-likeness (QED) is 0.216. The molecule has 0 bridgehead atoms. The second-order valence-corrected chi connectivity index (χ2v) is 9.20.